The fourth-order valence-corrected chi connectivity index (χ4v) is 3.15. The largest absolute Gasteiger partial charge is 0.357 e. The molecule has 1 aliphatic heterocycles. The van der Waals surface area contributed by atoms with Crippen molar-refractivity contribution in [2.75, 3.05) is 18.4 Å². The molecule has 0 saturated carbocycles. The van der Waals surface area contributed by atoms with Crippen LogP contribution >= 0.6 is 0 Å². The maximum absolute atomic E-state index is 14.1. The van der Waals surface area contributed by atoms with Gasteiger partial charge in [0.2, 0.25) is 5.91 Å². The molecule has 0 bridgehead atoms. The maximum atomic E-state index is 14.1. The molecule has 1 aliphatic rings. The van der Waals surface area contributed by atoms with Crippen molar-refractivity contribution in [1.29, 1.82) is 5.26 Å². The van der Waals surface area contributed by atoms with Crippen LogP contribution in [0.1, 0.15) is 36.0 Å². The molecule has 3 N–H and O–H groups in total. The number of aliphatic imine (C=N–C) groups is 1. The van der Waals surface area contributed by atoms with Gasteiger partial charge in [0.05, 0.1) is 18.2 Å². The minimum atomic E-state index is -0.448. The lowest BCUT2D eigenvalue weighted by Gasteiger charge is -2.26. The summed E-state index contributed by atoms with van der Waals surface area (Å²) in [6.45, 7) is 3.28. The van der Waals surface area contributed by atoms with Gasteiger partial charge in [0, 0.05) is 36.7 Å². The lowest BCUT2D eigenvalue weighted by atomic mass is 9.90. The highest BCUT2D eigenvalue weighted by atomic mass is 19.1. The zero-order valence-electron chi connectivity index (χ0n) is 15.6. The number of carbonyl (C=O) groups excluding carboxylic acids is 1. The standard InChI is InChI=1S/C21H22FN5O/c1-2-24-21(25-12-15-8-7-14(11-23)9-18(15)22)26-13-16-10-20(28)27-19-6-4-3-5-17(16)19/h3-9,16H,2,10,12-13H2,1H3,(H,27,28)(H2,24,25,26). The maximum Gasteiger partial charge on any atom is 0.225 e. The van der Waals surface area contributed by atoms with E-state index in [0.29, 0.717) is 31.0 Å². The van der Waals surface area contributed by atoms with E-state index in [4.69, 9.17) is 5.26 Å². The molecule has 1 amide bonds. The van der Waals surface area contributed by atoms with Gasteiger partial charge < -0.3 is 16.0 Å². The first-order valence-corrected chi connectivity index (χ1v) is 9.20. The fraction of sp³-hybridized carbons (Fsp3) is 0.286. The van der Waals surface area contributed by atoms with Gasteiger partial charge in [-0.2, -0.15) is 5.26 Å². The molecule has 6 nitrogen and oxygen atoms in total. The third-order valence-corrected chi connectivity index (χ3v) is 4.56. The number of para-hydroxylation sites is 1. The van der Waals surface area contributed by atoms with Crippen LogP contribution < -0.4 is 16.0 Å². The smallest absolute Gasteiger partial charge is 0.225 e. The van der Waals surface area contributed by atoms with E-state index in [9.17, 15) is 9.18 Å². The van der Waals surface area contributed by atoms with Crippen molar-refractivity contribution in [3.63, 3.8) is 0 Å². The zero-order valence-corrected chi connectivity index (χ0v) is 15.6. The van der Waals surface area contributed by atoms with Gasteiger partial charge in [-0.25, -0.2) is 9.38 Å². The van der Waals surface area contributed by atoms with Crippen LogP contribution in [-0.2, 0) is 11.3 Å². The molecule has 0 aromatic heterocycles. The molecule has 1 unspecified atom stereocenters. The van der Waals surface area contributed by atoms with Crippen molar-refractivity contribution in [1.82, 2.24) is 10.6 Å². The van der Waals surface area contributed by atoms with E-state index >= 15 is 0 Å². The Balaban J connectivity index is 1.69. The van der Waals surface area contributed by atoms with Gasteiger partial charge in [-0.3, -0.25) is 4.79 Å². The number of nitriles is 1. The first-order valence-electron chi connectivity index (χ1n) is 9.20. The molecule has 2 aromatic carbocycles. The van der Waals surface area contributed by atoms with E-state index in [-0.39, 0.29) is 23.9 Å². The number of amides is 1. The number of guanidine groups is 1. The molecule has 0 saturated heterocycles. The van der Waals surface area contributed by atoms with E-state index in [2.05, 4.69) is 20.9 Å². The Morgan fingerprint density at radius 2 is 2.14 bits per heavy atom. The molecular weight excluding hydrogens is 357 g/mol. The van der Waals surface area contributed by atoms with Crippen LogP contribution in [0.5, 0.6) is 0 Å². The first kappa shape index (κ1) is 19.4. The van der Waals surface area contributed by atoms with Crippen LogP contribution in [0.15, 0.2) is 47.5 Å². The van der Waals surface area contributed by atoms with Crippen LogP contribution in [0.25, 0.3) is 0 Å². The van der Waals surface area contributed by atoms with Crippen molar-refractivity contribution < 1.29 is 9.18 Å². The summed E-state index contributed by atoms with van der Waals surface area (Å²) in [5, 5.41) is 18.1. The molecule has 1 heterocycles. The van der Waals surface area contributed by atoms with Gasteiger partial charge in [-0.05, 0) is 30.7 Å². The summed E-state index contributed by atoms with van der Waals surface area (Å²) >= 11 is 0. The number of nitrogens with zero attached hydrogens (tertiary/aromatic N) is 2. The summed E-state index contributed by atoms with van der Waals surface area (Å²) in [4.78, 5) is 16.4. The summed E-state index contributed by atoms with van der Waals surface area (Å²) in [5.41, 5.74) is 2.62. The normalized spacial score (nSPS) is 16.0. The van der Waals surface area contributed by atoms with E-state index in [1.54, 1.807) is 12.1 Å². The van der Waals surface area contributed by atoms with E-state index < -0.39 is 5.82 Å². The van der Waals surface area contributed by atoms with Crippen LogP contribution in [0.4, 0.5) is 10.1 Å². The molecule has 2 aromatic rings. The number of benzene rings is 2. The van der Waals surface area contributed by atoms with Gasteiger partial charge in [0.25, 0.3) is 0 Å². The Labute approximate surface area is 163 Å². The van der Waals surface area contributed by atoms with Gasteiger partial charge >= 0.3 is 0 Å². The van der Waals surface area contributed by atoms with Crippen molar-refractivity contribution >= 4 is 17.6 Å². The lowest BCUT2D eigenvalue weighted by molar-refractivity contribution is -0.116. The molecule has 1 atom stereocenters. The molecule has 28 heavy (non-hydrogen) atoms. The van der Waals surface area contributed by atoms with E-state index in [1.807, 2.05) is 37.3 Å². The number of anilines is 1. The van der Waals surface area contributed by atoms with Crippen molar-refractivity contribution in [3.8, 4) is 6.07 Å². The number of halogens is 1. The van der Waals surface area contributed by atoms with Crippen LogP contribution in [0.2, 0.25) is 0 Å². The number of rotatable bonds is 5. The third kappa shape index (κ3) is 4.65. The molecule has 0 fully saturated rings. The Kier molecular flexibility index (Phi) is 6.22. The predicted octanol–water partition coefficient (Wildman–Crippen LogP) is 2.88. The molecule has 0 spiro atoms. The van der Waals surface area contributed by atoms with Gasteiger partial charge in [0.15, 0.2) is 5.96 Å². The molecule has 3 rings (SSSR count). The summed E-state index contributed by atoms with van der Waals surface area (Å²) in [6, 6.07) is 14.0. The summed E-state index contributed by atoms with van der Waals surface area (Å²) in [6.07, 6.45) is 0.396. The van der Waals surface area contributed by atoms with E-state index in [1.165, 1.54) is 6.07 Å². The van der Waals surface area contributed by atoms with Gasteiger partial charge in [0.1, 0.15) is 5.82 Å². The second-order valence-corrected chi connectivity index (χ2v) is 6.53. The van der Waals surface area contributed by atoms with Crippen molar-refractivity contribution in [2.45, 2.75) is 25.8 Å². The highest BCUT2D eigenvalue weighted by Gasteiger charge is 2.24. The topological polar surface area (TPSA) is 89.3 Å². The quantitative estimate of drug-likeness (QED) is 0.550. The van der Waals surface area contributed by atoms with Crippen molar-refractivity contribution in [2.24, 2.45) is 4.99 Å². The second-order valence-electron chi connectivity index (χ2n) is 6.53. The van der Waals surface area contributed by atoms with Crippen LogP contribution in [0, 0.1) is 17.1 Å². The second kappa shape index (κ2) is 9.00. The first-order chi connectivity index (χ1) is 13.6. The monoisotopic (exact) mass is 379 g/mol. The Bertz CT molecular complexity index is 935. The number of nitrogens with one attached hydrogen (secondary N) is 3. The number of carbonyl (C=O) groups is 1. The van der Waals surface area contributed by atoms with Gasteiger partial charge in [-0.1, -0.05) is 24.3 Å². The Hall–Kier alpha value is -3.40. The predicted molar refractivity (Wildman–Crippen MR) is 106 cm³/mol. The molecule has 7 heteroatoms. The van der Waals surface area contributed by atoms with Crippen LogP contribution in [-0.4, -0.2) is 25.0 Å². The minimum Gasteiger partial charge on any atom is -0.357 e. The Morgan fingerprint density at radius 3 is 2.89 bits per heavy atom. The molecule has 0 radical (unpaired) electrons. The molecule has 0 aliphatic carbocycles. The number of hydrogen-bond donors (Lipinski definition) is 3. The van der Waals surface area contributed by atoms with Crippen molar-refractivity contribution in [3.05, 3.63) is 65.0 Å². The lowest BCUT2D eigenvalue weighted by Crippen LogP contribution is -2.40. The average Bonchev–Trinajstić information content (AvgIpc) is 2.70. The molecule has 144 valence electrons. The SMILES string of the molecule is CCNC(=NCc1ccc(C#N)cc1F)NCC1CC(=O)Nc2ccccc21. The third-order valence-electron chi connectivity index (χ3n) is 4.56. The highest BCUT2D eigenvalue weighted by molar-refractivity contribution is 5.94. The van der Waals surface area contributed by atoms with Gasteiger partial charge in [-0.15, -0.1) is 0 Å². The summed E-state index contributed by atoms with van der Waals surface area (Å²) in [7, 11) is 0. The highest BCUT2D eigenvalue weighted by Crippen LogP contribution is 2.31. The fourth-order valence-electron chi connectivity index (χ4n) is 3.15. The van der Waals surface area contributed by atoms with Crippen LogP contribution in [0.3, 0.4) is 0 Å². The number of fused-ring (bicyclic) bond motifs is 1. The number of hydrogen-bond acceptors (Lipinski definition) is 3. The average molecular weight is 379 g/mol. The van der Waals surface area contributed by atoms with E-state index in [0.717, 1.165) is 11.3 Å². The molecular formula is C21H22FN5O. The zero-order chi connectivity index (χ0) is 19.9. The Morgan fingerprint density at radius 1 is 1.32 bits per heavy atom. The summed E-state index contributed by atoms with van der Waals surface area (Å²) in [5.74, 6) is 0.124. The minimum absolute atomic E-state index is 0.00732. The summed E-state index contributed by atoms with van der Waals surface area (Å²) < 4.78 is 14.1.